The largest absolute Gasteiger partial charge is 0.385 e. The highest BCUT2D eigenvalue weighted by Crippen LogP contribution is 2.19. The van der Waals surface area contributed by atoms with E-state index in [0.29, 0.717) is 25.2 Å². The fourth-order valence-corrected chi connectivity index (χ4v) is 2.24. The summed E-state index contributed by atoms with van der Waals surface area (Å²) in [5.41, 5.74) is -0.719. The minimum atomic E-state index is -4.47. The van der Waals surface area contributed by atoms with Crippen LogP contribution in [0.1, 0.15) is 23.7 Å². The van der Waals surface area contributed by atoms with E-state index in [-0.39, 0.29) is 6.04 Å². The summed E-state index contributed by atoms with van der Waals surface area (Å²) in [7, 11) is -2.98. The Morgan fingerprint density at radius 3 is 2.57 bits per heavy atom. The van der Waals surface area contributed by atoms with Crippen LogP contribution in [0, 0.1) is 11.6 Å². The van der Waals surface area contributed by atoms with Crippen LogP contribution in [0.4, 0.5) is 8.78 Å². The van der Waals surface area contributed by atoms with Crippen LogP contribution in [-0.4, -0.2) is 34.1 Å². The lowest BCUT2D eigenvalue weighted by atomic mass is 10.1. The molecule has 0 radical (unpaired) electrons. The number of primary sulfonamides is 1. The van der Waals surface area contributed by atoms with Crippen molar-refractivity contribution in [2.45, 2.75) is 24.3 Å². The van der Waals surface area contributed by atoms with Crippen molar-refractivity contribution >= 4 is 15.9 Å². The molecular formula is C12H16F2N2O4S. The molecule has 0 aliphatic rings. The number of amides is 1. The molecule has 0 bridgehead atoms. The van der Waals surface area contributed by atoms with Gasteiger partial charge in [-0.2, -0.15) is 0 Å². The topological polar surface area (TPSA) is 98.5 Å². The van der Waals surface area contributed by atoms with Crippen molar-refractivity contribution in [2.24, 2.45) is 5.14 Å². The number of hydrogen-bond donors (Lipinski definition) is 2. The van der Waals surface area contributed by atoms with E-state index in [2.05, 4.69) is 5.32 Å². The highest BCUT2D eigenvalue weighted by molar-refractivity contribution is 7.89. The second-order valence-corrected chi connectivity index (χ2v) is 6.00. The first-order valence-electron chi connectivity index (χ1n) is 5.98. The van der Waals surface area contributed by atoms with E-state index in [4.69, 9.17) is 9.88 Å². The van der Waals surface area contributed by atoms with Gasteiger partial charge in [-0.25, -0.2) is 22.3 Å². The molecule has 0 spiro atoms. The normalized spacial score (nSPS) is 13.0. The number of carbonyl (C=O) groups excluding carboxylic acids is 1. The number of carbonyl (C=O) groups is 1. The van der Waals surface area contributed by atoms with Gasteiger partial charge in [0.15, 0.2) is 5.82 Å². The molecule has 1 aromatic rings. The highest BCUT2D eigenvalue weighted by Gasteiger charge is 2.23. The number of methoxy groups -OCH3 is 1. The first-order valence-corrected chi connectivity index (χ1v) is 7.53. The maximum absolute atomic E-state index is 14.0. The zero-order chi connectivity index (χ0) is 16.2. The lowest BCUT2D eigenvalue weighted by Gasteiger charge is -2.14. The Labute approximate surface area is 121 Å². The van der Waals surface area contributed by atoms with Crippen LogP contribution >= 0.6 is 0 Å². The third kappa shape index (κ3) is 4.73. The maximum Gasteiger partial charge on any atom is 0.254 e. The molecule has 0 aliphatic carbocycles. The smallest absolute Gasteiger partial charge is 0.254 e. The van der Waals surface area contributed by atoms with Crippen molar-refractivity contribution in [3.63, 3.8) is 0 Å². The monoisotopic (exact) mass is 322 g/mol. The summed E-state index contributed by atoms with van der Waals surface area (Å²) in [6.07, 6.45) is 0.460. The molecule has 1 aromatic carbocycles. The van der Waals surface area contributed by atoms with Crippen LogP contribution in [0.25, 0.3) is 0 Å². The van der Waals surface area contributed by atoms with Crippen LogP contribution in [0.2, 0.25) is 0 Å². The predicted octanol–water partition coefficient (Wildman–Crippen LogP) is 0.767. The molecule has 1 unspecified atom stereocenters. The van der Waals surface area contributed by atoms with Crippen LogP contribution in [0.3, 0.4) is 0 Å². The van der Waals surface area contributed by atoms with E-state index in [1.165, 1.54) is 7.11 Å². The number of halogens is 2. The predicted molar refractivity (Wildman–Crippen MR) is 71.2 cm³/mol. The van der Waals surface area contributed by atoms with Crippen LogP contribution in [0.15, 0.2) is 17.0 Å². The van der Waals surface area contributed by atoms with Crippen molar-refractivity contribution < 1.29 is 26.7 Å². The fraction of sp³-hybridized carbons (Fsp3) is 0.417. The average molecular weight is 322 g/mol. The standard InChI is InChI=1S/C12H16F2N2O4S/c1-7(3-4-20-2)16-12(17)9-5-8(13)6-10(11(9)14)21(15,18)19/h5-7H,3-4H2,1-2H3,(H,16,17)(H2,15,18,19). The molecule has 0 fully saturated rings. The summed E-state index contributed by atoms with van der Waals surface area (Å²) in [5, 5.41) is 7.20. The number of sulfonamides is 1. The summed E-state index contributed by atoms with van der Waals surface area (Å²) in [6, 6.07) is 0.677. The van der Waals surface area contributed by atoms with Crippen molar-refractivity contribution in [3.05, 3.63) is 29.3 Å². The Hall–Kier alpha value is -1.58. The van der Waals surface area contributed by atoms with Gasteiger partial charge in [-0.1, -0.05) is 0 Å². The molecule has 0 saturated heterocycles. The quantitative estimate of drug-likeness (QED) is 0.808. The van der Waals surface area contributed by atoms with Crippen LogP contribution < -0.4 is 10.5 Å². The van der Waals surface area contributed by atoms with Gasteiger partial charge in [0.1, 0.15) is 10.7 Å². The highest BCUT2D eigenvalue weighted by atomic mass is 32.2. The number of nitrogens with two attached hydrogens (primary N) is 1. The van der Waals surface area contributed by atoms with Gasteiger partial charge in [0.25, 0.3) is 5.91 Å². The molecule has 0 aliphatic heterocycles. The van der Waals surface area contributed by atoms with Crippen molar-refractivity contribution in [2.75, 3.05) is 13.7 Å². The minimum absolute atomic E-state index is 0.363. The Morgan fingerprint density at radius 2 is 2.05 bits per heavy atom. The molecule has 1 atom stereocenters. The molecule has 0 saturated carbocycles. The van der Waals surface area contributed by atoms with Gasteiger partial charge in [0.05, 0.1) is 5.56 Å². The Morgan fingerprint density at radius 1 is 1.43 bits per heavy atom. The van der Waals surface area contributed by atoms with Crippen molar-refractivity contribution in [1.29, 1.82) is 0 Å². The van der Waals surface area contributed by atoms with E-state index >= 15 is 0 Å². The lowest BCUT2D eigenvalue weighted by Crippen LogP contribution is -2.34. The number of ether oxygens (including phenoxy) is 1. The van der Waals surface area contributed by atoms with E-state index in [0.717, 1.165) is 0 Å². The molecule has 1 rings (SSSR count). The summed E-state index contributed by atoms with van der Waals surface area (Å²) < 4.78 is 54.5. The molecule has 0 heterocycles. The second kappa shape index (κ2) is 6.92. The molecule has 0 aromatic heterocycles. The van der Waals surface area contributed by atoms with E-state index in [1.807, 2.05) is 0 Å². The fourth-order valence-electron chi connectivity index (χ4n) is 1.60. The molecule has 6 nitrogen and oxygen atoms in total. The molecule has 3 N–H and O–H groups in total. The van der Waals surface area contributed by atoms with Gasteiger partial charge < -0.3 is 10.1 Å². The van der Waals surface area contributed by atoms with Gasteiger partial charge in [-0.05, 0) is 25.5 Å². The third-order valence-electron chi connectivity index (χ3n) is 2.69. The van der Waals surface area contributed by atoms with Crippen molar-refractivity contribution in [1.82, 2.24) is 5.32 Å². The van der Waals surface area contributed by atoms with Gasteiger partial charge in [-0.15, -0.1) is 0 Å². The van der Waals surface area contributed by atoms with Gasteiger partial charge >= 0.3 is 0 Å². The number of nitrogens with one attached hydrogen (secondary N) is 1. The average Bonchev–Trinajstić information content (AvgIpc) is 2.37. The van der Waals surface area contributed by atoms with Crippen LogP contribution in [0.5, 0.6) is 0 Å². The minimum Gasteiger partial charge on any atom is -0.385 e. The summed E-state index contributed by atoms with van der Waals surface area (Å²) in [5.74, 6) is -3.38. The number of hydrogen-bond acceptors (Lipinski definition) is 4. The second-order valence-electron chi connectivity index (χ2n) is 4.47. The van der Waals surface area contributed by atoms with E-state index in [1.54, 1.807) is 6.92 Å². The molecule has 118 valence electrons. The van der Waals surface area contributed by atoms with Gasteiger partial charge in [0.2, 0.25) is 10.0 Å². The summed E-state index contributed by atoms with van der Waals surface area (Å²) >= 11 is 0. The molecule has 9 heteroatoms. The SMILES string of the molecule is COCCC(C)NC(=O)c1cc(F)cc(S(N)(=O)=O)c1F. The summed E-state index contributed by atoms with van der Waals surface area (Å²) in [4.78, 5) is 10.8. The molecular weight excluding hydrogens is 306 g/mol. The molecule has 1 amide bonds. The Bertz CT molecular complexity index is 634. The van der Waals surface area contributed by atoms with Gasteiger partial charge in [0, 0.05) is 19.8 Å². The number of benzene rings is 1. The van der Waals surface area contributed by atoms with Gasteiger partial charge in [-0.3, -0.25) is 4.79 Å². The zero-order valence-electron chi connectivity index (χ0n) is 11.5. The lowest BCUT2D eigenvalue weighted by molar-refractivity contribution is 0.0924. The maximum atomic E-state index is 14.0. The Kier molecular flexibility index (Phi) is 5.76. The summed E-state index contributed by atoms with van der Waals surface area (Å²) in [6.45, 7) is 2.02. The number of rotatable bonds is 6. The first-order chi connectivity index (χ1) is 9.66. The zero-order valence-corrected chi connectivity index (χ0v) is 12.3. The third-order valence-corrected chi connectivity index (χ3v) is 3.60. The first kappa shape index (κ1) is 17.5. The Balaban J connectivity index is 3.08. The van der Waals surface area contributed by atoms with Crippen LogP contribution in [-0.2, 0) is 14.8 Å². The molecule has 21 heavy (non-hydrogen) atoms. The van der Waals surface area contributed by atoms with Crippen molar-refractivity contribution in [3.8, 4) is 0 Å². The van der Waals surface area contributed by atoms with E-state index < -0.39 is 38.0 Å². The van der Waals surface area contributed by atoms with E-state index in [9.17, 15) is 22.0 Å².